The van der Waals surface area contributed by atoms with E-state index in [1.54, 1.807) is 24.1 Å². The Labute approximate surface area is 112 Å². The lowest BCUT2D eigenvalue weighted by Gasteiger charge is -2.20. The summed E-state index contributed by atoms with van der Waals surface area (Å²) in [5.41, 5.74) is 0.888. The molecular weight excluding hydrogens is 246 g/mol. The molecule has 0 unspecified atom stereocenters. The van der Waals surface area contributed by atoms with Crippen molar-refractivity contribution in [2.75, 3.05) is 20.2 Å². The van der Waals surface area contributed by atoms with Crippen LogP contribution in [0.25, 0.3) is 0 Å². The van der Waals surface area contributed by atoms with E-state index in [-0.39, 0.29) is 25.3 Å². The first kappa shape index (κ1) is 15.0. The van der Waals surface area contributed by atoms with E-state index in [0.29, 0.717) is 6.54 Å². The van der Waals surface area contributed by atoms with E-state index in [9.17, 15) is 9.59 Å². The fourth-order valence-electron chi connectivity index (χ4n) is 1.72. The number of carbonyl (C=O) groups is 2. The predicted octanol–water partition coefficient (Wildman–Crippen LogP) is 1.56. The molecule has 1 aromatic rings. The largest absolute Gasteiger partial charge is 0.497 e. The van der Waals surface area contributed by atoms with Crippen LogP contribution in [0, 0.1) is 0 Å². The number of hydrogen-bond donors (Lipinski definition) is 1. The van der Waals surface area contributed by atoms with Gasteiger partial charge in [-0.15, -0.1) is 0 Å². The Hall–Kier alpha value is -2.04. The summed E-state index contributed by atoms with van der Waals surface area (Å²) in [4.78, 5) is 24.1. The normalized spacial score (nSPS) is 10.0. The van der Waals surface area contributed by atoms with Gasteiger partial charge in [0.1, 0.15) is 5.75 Å². The van der Waals surface area contributed by atoms with Crippen LogP contribution in [0.5, 0.6) is 5.75 Å². The molecule has 0 aliphatic heterocycles. The molecule has 19 heavy (non-hydrogen) atoms. The Morgan fingerprint density at radius 2 is 1.89 bits per heavy atom. The fraction of sp³-hybridized carbons (Fsp3) is 0.429. The number of methoxy groups -OCH3 is 1. The van der Waals surface area contributed by atoms with Crippen LogP contribution in [0.4, 0.5) is 0 Å². The topological polar surface area (TPSA) is 66.8 Å². The van der Waals surface area contributed by atoms with E-state index >= 15 is 0 Å². The Kier molecular flexibility index (Phi) is 5.85. The number of likely N-dealkylation sites (N-methyl/N-ethyl adjacent to an activating group) is 1. The predicted molar refractivity (Wildman–Crippen MR) is 71.2 cm³/mol. The van der Waals surface area contributed by atoms with Gasteiger partial charge >= 0.3 is 5.97 Å². The first-order valence-electron chi connectivity index (χ1n) is 6.19. The highest BCUT2D eigenvalue weighted by Crippen LogP contribution is 2.12. The van der Waals surface area contributed by atoms with Crippen molar-refractivity contribution in [3.05, 3.63) is 29.8 Å². The highest BCUT2D eigenvalue weighted by molar-refractivity contribution is 5.79. The van der Waals surface area contributed by atoms with Gasteiger partial charge in [-0.2, -0.15) is 0 Å². The standard InChI is InChI=1S/C14H19NO4/c1-3-15(9-8-14(17)18)13(16)10-11-4-6-12(19-2)7-5-11/h4-7H,3,8-10H2,1-2H3,(H,17,18). The van der Waals surface area contributed by atoms with E-state index < -0.39 is 5.97 Å². The van der Waals surface area contributed by atoms with Crippen LogP contribution < -0.4 is 4.74 Å². The van der Waals surface area contributed by atoms with Gasteiger partial charge in [-0.05, 0) is 24.6 Å². The molecule has 0 atom stereocenters. The molecule has 1 amide bonds. The van der Waals surface area contributed by atoms with Gasteiger partial charge < -0.3 is 14.7 Å². The van der Waals surface area contributed by atoms with Crippen LogP contribution in [-0.4, -0.2) is 42.1 Å². The van der Waals surface area contributed by atoms with Crippen LogP contribution in [0.15, 0.2) is 24.3 Å². The average molecular weight is 265 g/mol. The molecule has 1 rings (SSSR count). The smallest absolute Gasteiger partial charge is 0.305 e. The lowest BCUT2D eigenvalue weighted by Crippen LogP contribution is -2.33. The Bertz CT molecular complexity index is 428. The monoisotopic (exact) mass is 265 g/mol. The van der Waals surface area contributed by atoms with Crippen LogP contribution in [0.3, 0.4) is 0 Å². The van der Waals surface area contributed by atoms with Gasteiger partial charge in [-0.25, -0.2) is 0 Å². The molecule has 1 aromatic carbocycles. The number of carboxylic acid groups (broad SMARTS) is 1. The summed E-state index contributed by atoms with van der Waals surface area (Å²) in [7, 11) is 1.59. The van der Waals surface area contributed by atoms with Crippen molar-refractivity contribution in [1.82, 2.24) is 4.90 Å². The second-order valence-electron chi connectivity index (χ2n) is 4.14. The molecule has 0 radical (unpaired) electrons. The minimum absolute atomic E-state index is 0.0256. The van der Waals surface area contributed by atoms with E-state index in [4.69, 9.17) is 9.84 Å². The quantitative estimate of drug-likeness (QED) is 0.812. The molecule has 1 N–H and O–H groups in total. The second-order valence-corrected chi connectivity index (χ2v) is 4.14. The second kappa shape index (κ2) is 7.41. The number of ether oxygens (including phenoxy) is 1. The summed E-state index contributed by atoms with van der Waals surface area (Å²) in [6.45, 7) is 2.61. The van der Waals surface area contributed by atoms with Crippen molar-refractivity contribution >= 4 is 11.9 Å². The zero-order valence-electron chi connectivity index (χ0n) is 11.3. The number of aliphatic carboxylic acids is 1. The molecule has 0 aliphatic rings. The number of carboxylic acids is 1. The van der Waals surface area contributed by atoms with Gasteiger partial charge in [0.2, 0.25) is 5.91 Å². The third-order valence-corrected chi connectivity index (χ3v) is 2.84. The zero-order chi connectivity index (χ0) is 14.3. The SMILES string of the molecule is CCN(CCC(=O)O)C(=O)Cc1ccc(OC)cc1. The third-order valence-electron chi connectivity index (χ3n) is 2.84. The molecule has 0 aliphatic carbocycles. The van der Waals surface area contributed by atoms with E-state index in [1.807, 2.05) is 19.1 Å². The van der Waals surface area contributed by atoms with Crippen molar-refractivity contribution in [1.29, 1.82) is 0 Å². The van der Waals surface area contributed by atoms with Gasteiger partial charge in [-0.3, -0.25) is 9.59 Å². The van der Waals surface area contributed by atoms with Crippen LogP contribution in [0.1, 0.15) is 18.9 Å². The van der Waals surface area contributed by atoms with Gasteiger partial charge in [0.15, 0.2) is 0 Å². The first-order valence-corrected chi connectivity index (χ1v) is 6.19. The Morgan fingerprint density at radius 3 is 2.37 bits per heavy atom. The molecule has 5 heteroatoms. The molecule has 0 spiro atoms. The summed E-state index contributed by atoms with van der Waals surface area (Å²) in [5.74, 6) is -0.209. The maximum absolute atomic E-state index is 12.0. The van der Waals surface area contributed by atoms with Gasteiger partial charge in [0.25, 0.3) is 0 Å². The molecule has 0 saturated heterocycles. The summed E-state index contributed by atoms with van der Waals surface area (Å²) >= 11 is 0. The molecule has 0 fully saturated rings. The van der Waals surface area contributed by atoms with Crippen LogP contribution in [0.2, 0.25) is 0 Å². The van der Waals surface area contributed by atoms with Gasteiger partial charge in [-0.1, -0.05) is 12.1 Å². The molecule has 0 saturated carbocycles. The lowest BCUT2D eigenvalue weighted by molar-refractivity contribution is -0.138. The number of amides is 1. The number of benzene rings is 1. The minimum atomic E-state index is -0.893. The van der Waals surface area contributed by atoms with E-state index in [0.717, 1.165) is 11.3 Å². The zero-order valence-corrected chi connectivity index (χ0v) is 11.3. The third kappa shape index (κ3) is 4.99. The van der Waals surface area contributed by atoms with E-state index in [1.165, 1.54) is 0 Å². The average Bonchev–Trinajstić information content (AvgIpc) is 2.40. The van der Waals surface area contributed by atoms with Gasteiger partial charge in [0, 0.05) is 13.1 Å². The van der Waals surface area contributed by atoms with Gasteiger partial charge in [0.05, 0.1) is 20.0 Å². The number of hydrogen-bond acceptors (Lipinski definition) is 3. The maximum atomic E-state index is 12.0. The van der Waals surface area contributed by atoms with Crippen molar-refractivity contribution in [3.8, 4) is 5.75 Å². The molecule has 0 heterocycles. The molecule has 0 bridgehead atoms. The number of carbonyl (C=O) groups excluding carboxylic acids is 1. The highest BCUT2D eigenvalue weighted by Gasteiger charge is 2.13. The van der Waals surface area contributed by atoms with Crippen molar-refractivity contribution in [2.24, 2.45) is 0 Å². The van der Waals surface area contributed by atoms with Crippen LogP contribution in [-0.2, 0) is 16.0 Å². The van der Waals surface area contributed by atoms with Crippen molar-refractivity contribution < 1.29 is 19.4 Å². The Morgan fingerprint density at radius 1 is 1.26 bits per heavy atom. The summed E-state index contributed by atoms with van der Waals surface area (Å²) < 4.78 is 5.05. The Balaban J connectivity index is 2.57. The lowest BCUT2D eigenvalue weighted by atomic mass is 10.1. The van der Waals surface area contributed by atoms with Crippen molar-refractivity contribution in [3.63, 3.8) is 0 Å². The molecular formula is C14H19NO4. The summed E-state index contributed by atoms with van der Waals surface area (Å²) in [5, 5.41) is 8.64. The minimum Gasteiger partial charge on any atom is -0.497 e. The summed E-state index contributed by atoms with van der Waals surface area (Å²) in [6.07, 6.45) is 0.250. The summed E-state index contributed by atoms with van der Waals surface area (Å²) in [6, 6.07) is 7.27. The number of rotatable bonds is 7. The molecule has 5 nitrogen and oxygen atoms in total. The molecule has 104 valence electrons. The molecule has 0 aromatic heterocycles. The number of nitrogens with zero attached hydrogens (tertiary/aromatic N) is 1. The maximum Gasteiger partial charge on any atom is 0.305 e. The van der Waals surface area contributed by atoms with E-state index in [2.05, 4.69) is 0 Å². The highest BCUT2D eigenvalue weighted by atomic mass is 16.5. The first-order chi connectivity index (χ1) is 9.06. The fourth-order valence-corrected chi connectivity index (χ4v) is 1.72. The van der Waals surface area contributed by atoms with Crippen molar-refractivity contribution in [2.45, 2.75) is 19.8 Å². The van der Waals surface area contributed by atoms with Crippen LogP contribution >= 0.6 is 0 Å².